The lowest BCUT2D eigenvalue weighted by atomic mass is 9.74. The van der Waals surface area contributed by atoms with E-state index in [9.17, 15) is 5.11 Å². The van der Waals surface area contributed by atoms with Gasteiger partial charge in [-0.05, 0) is 56.0 Å². The number of ether oxygens (including phenoxy) is 2. The summed E-state index contributed by atoms with van der Waals surface area (Å²) < 4.78 is 13.3. The van der Waals surface area contributed by atoms with Crippen molar-refractivity contribution in [3.63, 3.8) is 0 Å². The van der Waals surface area contributed by atoms with Gasteiger partial charge in [-0.3, -0.25) is 9.56 Å². The smallest absolute Gasteiger partial charge is 0.414 e. The van der Waals surface area contributed by atoms with Crippen molar-refractivity contribution in [1.29, 1.82) is 0 Å². The highest BCUT2D eigenvalue weighted by atomic mass is 16.5. The number of nitrogens with zero attached hydrogens (tertiary/aromatic N) is 4. The number of imidazole rings is 1. The molecule has 1 aliphatic carbocycles. The third kappa shape index (κ3) is 5.61. The summed E-state index contributed by atoms with van der Waals surface area (Å²) in [6.07, 6.45) is 9.26. The number of hydrogen-bond acceptors (Lipinski definition) is 8. The van der Waals surface area contributed by atoms with Gasteiger partial charge in [-0.2, -0.15) is 0 Å². The van der Waals surface area contributed by atoms with Crippen LogP contribution < -0.4 is 9.47 Å². The molecule has 11 heteroatoms. The molecule has 0 amide bonds. The Morgan fingerprint density at radius 2 is 1.92 bits per heavy atom. The maximum atomic E-state index is 10.3. The first-order valence-corrected chi connectivity index (χ1v) is 11.8. The van der Waals surface area contributed by atoms with E-state index >= 15 is 0 Å². The quantitative estimate of drug-likeness (QED) is 0.441. The van der Waals surface area contributed by atoms with E-state index in [0.717, 1.165) is 46.8 Å². The fourth-order valence-corrected chi connectivity index (χ4v) is 4.68. The second kappa shape index (κ2) is 11.2. The summed E-state index contributed by atoms with van der Waals surface area (Å²) >= 11 is 0. The van der Waals surface area contributed by atoms with Crippen LogP contribution in [-0.4, -0.2) is 73.4 Å². The number of carboxylic acids is 2. The molecule has 1 saturated carbocycles. The van der Waals surface area contributed by atoms with Gasteiger partial charge in [0.1, 0.15) is 12.1 Å². The largest absolute Gasteiger partial charge is 0.493 e. The number of hydrogen-bond donors (Lipinski definition) is 3. The van der Waals surface area contributed by atoms with Crippen LogP contribution in [0.5, 0.6) is 11.5 Å². The minimum atomic E-state index is -1.82. The van der Waals surface area contributed by atoms with Crippen LogP contribution in [0.1, 0.15) is 48.8 Å². The number of carboxylic acid groups (broad SMARTS) is 2. The Labute approximate surface area is 213 Å². The number of aliphatic carboxylic acids is 2. The Hall–Kier alpha value is -4.25. The molecular formula is C26H28N4O7. The van der Waals surface area contributed by atoms with Crippen LogP contribution in [0.15, 0.2) is 54.2 Å². The molecule has 1 fully saturated rings. The normalized spacial score (nSPS) is 19.9. The van der Waals surface area contributed by atoms with E-state index in [2.05, 4.69) is 16.0 Å². The van der Waals surface area contributed by atoms with Crippen LogP contribution in [0.4, 0.5) is 0 Å². The number of aromatic nitrogens is 3. The van der Waals surface area contributed by atoms with Crippen molar-refractivity contribution in [3.05, 3.63) is 65.9 Å². The molecule has 11 nitrogen and oxygen atoms in total. The van der Waals surface area contributed by atoms with Gasteiger partial charge in [-0.25, -0.2) is 19.6 Å². The molecule has 1 aliphatic heterocycles. The predicted molar refractivity (Wildman–Crippen MR) is 133 cm³/mol. The number of aliphatic hydroxyl groups excluding tert-OH is 1. The standard InChI is InChI=1S/C24H26N4O3.C2H2O4/c1-3-31-22-11-17-18-10-16(29)5-6-20(18)27-24(19(17)12-21(22)30-2)15-4-7-23(26-13-15)28-9-8-25-14-28;3-1(4)2(5)6/h4,7-9,11-14,16,18,20,29H,3,5-6,10H2,1-2H3;(H,3,4)(H,5,6)/t16-,18-,20-;/m1./s1. The first kappa shape index (κ1) is 25.8. The molecule has 0 spiro atoms. The maximum absolute atomic E-state index is 10.3. The topological polar surface area (TPSA) is 156 Å². The molecule has 194 valence electrons. The number of aliphatic imine (C=N–C) groups is 1. The fourth-order valence-electron chi connectivity index (χ4n) is 4.68. The molecule has 3 atom stereocenters. The molecule has 37 heavy (non-hydrogen) atoms. The number of rotatable bonds is 5. The Bertz CT molecular complexity index is 1280. The summed E-state index contributed by atoms with van der Waals surface area (Å²) in [4.78, 5) is 32.1. The first-order chi connectivity index (χ1) is 17.8. The lowest BCUT2D eigenvalue weighted by Gasteiger charge is -2.37. The van der Waals surface area contributed by atoms with Gasteiger partial charge < -0.3 is 24.8 Å². The lowest BCUT2D eigenvalue weighted by Crippen LogP contribution is -2.34. The fraction of sp³-hybridized carbons (Fsp3) is 0.346. The van der Waals surface area contributed by atoms with E-state index in [1.54, 1.807) is 19.6 Å². The zero-order chi connectivity index (χ0) is 26.5. The van der Waals surface area contributed by atoms with Gasteiger partial charge in [0.15, 0.2) is 11.5 Å². The molecule has 5 rings (SSSR count). The van der Waals surface area contributed by atoms with Crippen LogP contribution in [-0.2, 0) is 9.59 Å². The van der Waals surface area contributed by atoms with Gasteiger partial charge >= 0.3 is 11.9 Å². The number of pyridine rings is 1. The van der Waals surface area contributed by atoms with E-state index in [0.29, 0.717) is 18.8 Å². The molecule has 0 saturated heterocycles. The van der Waals surface area contributed by atoms with Gasteiger partial charge in [-0.1, -0.05) is 0 Å². The molecule has 3 N–H and O–H groups in total. The zero-order valence-electron chi connectivity index (χ0n) is 20.4. The third-order valence-electron chi connectivity index (χ3n) is 6.34. The summed E-state index contributed by atoms with van der Waals surface area (Å²) in [5.41, 5.74) is 4.06. The number of aliphatic hydroxyl groups is 1. The Kier molecular flexibility index (Phi) is 7.83. The molecule has 0 bridgehead atoms. The molecule has 3 aromatic rings. The molecule has 2 aromatic heterocycles. The average Bonchev–Trinajstić information content (AvgIpc) is 3.44. The number of fused-ring (bicyclic) bond motifs is 3. The number of methoxy groups -OCH3 is 1. The van der Waals surface area contributed by atoms with Gasteiger partial charge in [0, 0.05) is 35.6 Å². The lowest BCUT2D eigenvalue weighted by molar-refractivity contribution is -0.159. The Balaban J connectivity index is 0.000000480. The SMILES string of the molecule is CCOc1cc2c(cc1OC)C(c1ccc(-n3ccnc3)nc1)=N[C@@H]1CC[C@@H](O)C[C@H]21.O=C(O)C(=O)O. The summed E-state index contributed by atoms with van der Waals surface area (Å²) in [6.45, 7) is 2.53. The molecular weight excluding hydrogens is 480 g/mol. The summed E-state index contributed by atoms with van der Waals surface area (Å²) in [5, 5.41) is 25.1. The highest BCUT2D eigenvalue weighted by Crippen LogP contribution is 2.44. The van der Waals surface area contributed by atoms with Gasteiger partial charge in [0.2, 0.25) is 0 Å². The highest BCUT2D eigenvalue weighted by molar-refractivity contribution is 6.27. The molecule has 3 heterocycles. The average molecular weight is 509 g/mol. The van der Waals surface area contributed by atoms with Crippen molar-refractivity contribution < 1.29 is 34.4 Å². The van der Waals surface area contributed by atoms with Crippen molar-refractivity contribution in [2.45, 2.75) is 44.2 Å². The second-order valence-corrected chi connectivity index (χ2v) is 8.63. The van der Waals surface area contributed by atoms with Gasteiger partial charge in [0.05, 0.1) is 31.6 Å². The van der Waals surface area contributed by atoms with Crippen molar-refractivity contribution >= 4 is 17.7 Å². The first-order valence-electron chi connectivity index (χ1n) is 11.8. The third-order valence-corrected chi connectivity index (χ3v) is 6.34. The summed E-state index contributed by atoms with van der Waals surface area (Å²) in [6, 6.07) is 8.25. The monoisotopic (exact) mass is 508 g/mol. The highest BCUT2D eigenvalue weighted by Gasteiger charge is 2.37. The van der Waals surface area contributed by atoms with E-state index in [-0.39, 0.29) is 18.1 Å². The van der Waals surface area contributed by atoms with Gasteiger partial charge in [0.25, 0.3) is 0 Å². The van der Waals surface area contributed by atoms with Crippen LogP contribution >= 0.6 is 0 Å². The van der Waals surface area contributed by atoms with Crippen molar-refractivity contribution in [1.82, 2.24) is 14.5 Å². The van der Waals surface area contributed by atoms with Crippen molar-refractivity contribution in [3.8, 4) is 17.3 Å². The van der Waals surface area contributed by atoms with Gasteiger partial charge in [-0.15, -0.1) is 0 Å². The van der Waals surface area contributed by atoms with Crippen LogP contribution in [0.2, 0.25) is 0 Å². The minimum absolute atomic E-state index is 0.141. The van der Waals surface area contributed by atoms with Crippen LogP contribution in [0.25, 0.3) is 5.82 Å². The summed E-state index contributed by atoms with van der Waals surface area (Å²) in [5.74, 6) is -1.25. The Morgan fingerprint density at radius 3 is 2.51 bits per heavy atom. The van der Waals surface area contributed by atoms with E-state index in [4.69, 9.17) is 34.3 Å². The maximum Gasteiger partial charge on any atom is 0.414 e. The Morgan fingerprint density at radius 1 is 1.14 bits per heavy atom. The summed E-state index contributed by atoms with van der Waals surface area (Å²) in [7, 11) is 1.65. The molecule has 0 unspecified atom stereocenters. The van der Waals surface area contributed by atoms with Crippen LogP contribution in [0.3, 0.4) is 0 Å². The zero-order valence-corrected chi connectivity index (χ0v) is 20.4. The predicted octanol–water partition coefficient (Wildman–Crippen LogP) is 2.68. The molecule has 2 aliphatic rings. The van der Waals surface area contributed by atoms with Crippen LogP contribution in [0, 0.1) is 0 Å². The van der Waals surface area contributed by atoms with E-state index < -0.39 is 11.9 Å². The van der Waals surface area contributed by atoms with E-state index in [1.165, 1.54) is 0 Å². The van der Waals surface area contributed by atoms with Crippen molar-refractivity contribution in [2.24, 2.45) is 4.99 Å². The number of benzene rings is 1. The minimum Gasteiger partial charge on any atom is -0.493 e. The molecule has 1 aromatic carbocycles. The van der Waals surface area contributed by atoms with E-state index in [1.807, 2.05) is 42.1 Å². The number of carbonyl (C=O) groups is 2. The molecule has 0 radical (unpaired) electrons. The second-order valence-electron chi connectivity index (χ2n) is 8.63. The van der Waals surface area contributed by atoms with Crippen molar-refractivity contribution in [2.75, 3.05) is 13.7 Å².